The van der Waals surface area contributed by atoms with Crippen LogP contribution in [0.2, 0.25) is 0 Å². The third-order valence-electron chi connectivity index (χ3n) is 5.99. The first-order valence-electron chi connectivity index (χ1n) is 10.6. The molecule has 2 bridgehead atoms. The van der Waals surface area contributed by atoms with Gasteiger partial charge in [-0.2, -0.15) is 18.2 Å². The lowest BCUT2D eigenvalue weighted by Crippen LogP contribution is -2.41. The van der Waals surface area contributed by atoms with E-state index >= 15 is 0 Å². The van der Waals surface area contributed by atoms with Gasteiger partial charge in [0.1, 0.15) is 18.0 Å². The Morgan fingerprint density at radius 2 is 1.94 bits per heavy atom. The van der Waals surface area contributed by atoms with Crippen molar-refractivity contribution < 1.29 is 27.4 Å². The number of methoxy groups -OCH3 is 2. The number of halogens is 3. The van der Waals surface area contributed by atoms with E-state index in [9.17, 15) is 18.0 Å². The van der Waals surface area contributed by atoms with Gasteiger partial charge in [0.2, 0.25) is 11.9 Å². The summed E-state index contributed by atoms with van der Waals surface area (Å²) in [6.45, 7) is 1.77. The van der Waals surface area contributed by atoms with E-state index < -0.39 is 11.7 Å². The maximum absolute atomic E-state index is 13.3. The molecule has 1 aliphatic carbocycles. The predicted molar refractivity (Wildman–Crippen MR) is 116 cm³/mol. The van der Waals surface area contributed by atoms with E-state index in [0.717, 1.165) is 18.2 Å². The number of fused-ring (bicyclic) bond motifs is 5. The number of benzene rings is 1. The first kappa shape index (κ1) is 23.2. The summed E-state index contributed by atoms with van der Waals surface area (Å²) >= 11 is 0. The molecule has 0 saturated carbocycles. The molecule has 0 radical (unpaired) electrons. The van der Waals surface area contributed by atoms with Gasteiger partial charge in [-0.25, -0.2) is 4.98 Å². The van der Waals surface area contributed by atoms with Crippen LogP contribution < -0.4 is 10.6 Å². The van der Waals surface area contributed by atoms with E-state index in [1.165, 1.54) is 19.8 Å². The molecule has 178 valence electrons. The van der Waals surface area contributed by atoms with Gasteiger partial charge in [0.25, 0.3) is 0 Å². The number of hydrogen-bond acceptors (Lipinski definition) is 7. The number of amides is 1. The van der Waals surface area contributed by atoms with Gasteiger partial charge >= 0.3 is 6.18 Å². The summed E-state index contributed by atoms with van der Waals surface area (Å²) in [5, 5.41) is 5.68. The predicted octanol–water partition coefficient (Wildman–Crippen LogP) is 3.36. The Morgan fingerprint density at radius 1 is 1.18 bits per heavy atom. The van der Waals surface area contributed by atoms with Gasteiger partial charge in [0, 0.05) is 57.6 Å². The van der Waals surface area contributed by atoms with Gasteiger partial charge < -0.3 is 25.0 Å². The quantitative estimate of drug-likeness (QED) is 0.578. The molecule has 2 N–H and O–H groups in total. The van der Waals surface area contributed by atoms with Crippen molar-refractivity contribution in [2.75, 3.05) is 57.7 Å². The molecule has 33 heavy (non-hydrogen) atoms. The molecular weight excluding hydrogens is 439 g/mol. The van der Waals surface area contributed by atoms with Crippen LogP contribution in [0.25, 0.3) is 0 Å². The van der Waals surface area contributed by atoms with Crippen molar-refractivity contribution in [3.63, 3.8) is 0 Å². The minimum absolute atomic E-state index is 0.0231. The van der Waals surface area contributed by atoms with Crippen LogP contribution in [-0.2, 0) is 20.4 Å². The first-order valence-corrected chi connectivity index (χ1v) is 10.6. The van der Waals surface area contributed by atoms with Crippen molar-refractivity contribution in [1.29, 1.82) is 0 Å². The number of anilines is 3. The fourth-order valence-electron chi connectivity index (χ4n) is 4.53. The third-order valence-corrected chi connectivity index (χ3v) is 5.99. The maximum atomic E-state index is 13.3. The van der Waals surface area contributed by atoms with E-state index in [1.54, 1.807) is 0 Å². The van der Waals surface area contributed by atoms with Crippen LogP contribution in [0.15, 0.2) is 24.4 Å². The summed E-state index contributed by atoms with van der Waals surface area (Å²) in [6, 6.07) is 5.84. The molecule has 11 heteroatoms. The van der Waals surface area contributed by atoms with Crippen LogP contribution in [0, 0.1) is 0 Å². The van der Waals surface area contributed by atoms with Crippen molar-refractivity contribution in [3.8, 4) is 0 Å². The number of ether oxygens (including phenoxy) is 2. The van der Waals surface area contributed by atoms with Crippen molar-refractivity contribution in [2.45, 2.75) is 24.4 Å². The third kappa shape index (κ3) is 5.03. The second kappa shape index (κ2) is 9.52. The Labute approximate surface area is 189 Å². The van der Waals surface area contributed by atoms with Crippen LogP contribution in [0.4, 0.5) is 30.6 Å². The summed E-state index contributed by atoms with van der Waals surface area (Å²) in [6.07, 6.45) is -2.84. The number of hydrogen-bond donors (Lipinski definition) is 2. The summed E-state index contributed by atoms with van der Waals surface area (Å²) in [5.41, 5.74) is 2.09. The van der Waals surface area contributed by atoms with Crippen molar-refractivity contribution in [2.24, 2.45) is 0 Å². The average Bonchev–Trinajstić information content (AvgIpc) is 3.02. The lowest BCUT2D eigenvalue weighted by molar-refractivity contribution is -0.137. The molecule has 2 aliphatic rings. The van der Waals surface area contributed by atoms with Crippen LogP contribution in [-0.4, -0.2) is 67.8 Å². The highest BCUT2D eigenvalue weighted by Gasteiger charge is 2.39. The fourth-order valence-corrected chi connectivity index (χ4v) is 4.53. The van der Waals surface area contributed by atoms with Gasteiger partial charge in [-0.1, -0.05) is 6.07 Å². The fraction of sp³-hybridized carbons (Fsp3) is 0.500. The number of rotatable bonds is 8. The standard InChI is InChI=1S/C22H26F3N5O3/c1-32-6-5-26-20-18(22(23,24)25)9-27-21(29-20)28-15-3-4-16-13-7-14(17(16)8-15)11-30(10-13)19(31)12-33-2/h3-4,8-9,13-14H,5-7,10-12H2,1-2H3,(H2,26,27,28,29)/t13-,14+/m0/s1. The van der Waals surface area contributed by atoms with Gasteiger partial charge in [-0.05, 0) is 29.7 Å². The number of nitrogens with one attached hydrogen (secondary N) is 2. The number of aromatic nitrogens is 2. The van der Waals surface area contributed by atoms with Crippen molar-refractivity contribution in [1.82, 2.24) is 14.9 Å². The molecule has 0 unspecified atom stereocenters. The highest BCUT2D eigenvalue weighted by atomic mass is 19.4. The second-order valence-electron chi connectivity index (χ2n) is 8.20. The van der Waals surface area contributed by atoms with Crippen LogP contribution in [0.5, 0.6) is 0 Å². The largest absolute Gasteiger partial charge is 0.421 e. The Balaban J connectivity index is 1.53. The van der Waals surface area contributed by atoms with E-state index in [4.69, 9.17) is 9.47 Å². The summed E-state index contributed by atoms with van der Waals surface area (Å²) < 4.78 is 49.8. The van der Waals surface area contributed by atoms with E-state index in [-0.39, 0.29) is 49.3 Å². The number of carbonyl (C=O) groups is 1. The monoisotopic (exact) mass is 465 g/mol. The van der Waals surface area contributed by atoms with E-state index in [2.05, 4.69) is 20.6 Å². The summed E-state index contributed by atoms with van der Waals surface area (Å²) in [7, 11) is 2.97. The minimum Gasteiger partial charge on any atom is -0.383 e. The van der Waals surface area contributed by atoms with Gasteiger partial charge in [-0.3, -0.25) is 4.79 Å². The number of alkyl halides is 3. The topological polar surface area (TPSA) is 88.6 Å². The van der Waals surface area contributed by atoms with Gasteiger partial charge in [0.15, 0.2) is 0 Å². The van der Waals surface area contributed by atoms with Crippen molar-refractivity contribution in [3.05, 3.63) is 41.1 Å². The van der Waals surface area contributed by atoms with Gasteiger partial charge in [0.05, 0.1) is 6.61 Å². The van der Waals surface area contributed by atoms with E-state index in [0.29, 0.717) is 18.8 Å². The zero-order chi connectivity index (χ0) is 23.6. The van der Waals surface area contributed by atoms with Crippen molar-refractivity contribution >= 4 is 23.4 Å². The maximum Gasteiger partial charge on any atom is 0.421 e. The molecule has 1 aliphatic heterocycles. The highest BCUT2D eigenvalue weighted by Crippen LogP contribution is 2.47. The molecule has 8 nitrogen and oxygen atoms in total. The number of nitrogens with zero attached hydrogens (tertiary/aromatic N) is 3. The Morgan fingerprint density at radius 3 is 2.64 bits per heavy atom. The smallest absolute Gasteiger partial charge is 0.383 e. The molecule has 1 fully saturated rings. The normalized spacial score (nSPS) is 19.4. The number of carbonyl (C=O) groups excluding carboxylic acids is 1. The van der Waals surface area contributed by atoms with Crippen LogP contribution in [0.1, 0.15) is 34.9 Å². The van der Waals surface area contributed by atoms with Crippen LogP contribution in [0.3, 0.4) is 0 Å². The molecule has 2 aromatic rings. The SMILES string of the molecule is COCCNc1nc(Nc2ccc3c(c2)[C@@H]2C[C@H]3CN(C(=O)COC)C2)ncc1C(F)(F)F. The lowest BCUT2D eigenvalue weighted by Gasteiger charge is -2.32. The second-order valence-corrected chi connectivity index (χ2v) is 8.20. The molecule has 2 heterocycles. The zero-order valence-electron chi connectivity index (χ0n) is 18.4. The summed E-state index contributed by atoms with van der Waals surface area (Å²) in [4.78, 5) is 22.0. The van der Waals surface area contributed by atoms with Gasteiger partial charge in [-0.15, -0.1) is 0 Å². The number of likely N-dealkylation sites (tertiary alicyclic amines) is 1. The minimum atomic E-state index is -4.58. The first-order chi connectivity index (χ1) is 15.8. The zero-order valence-corrected chi connectivity index (χ0v) is 18.4. The molecule has 1 saturated heterocycles. The lowest BCUT2D eigenvalue weighted by atomic mass is 9.96. The molecule has 1 amide bonds. The average molecular weight is 465 g/mol. The van der Waals surface area contributed by atoms with Crippen LogP contribution >= 0.6 is 0 Å². The molecule has 1 aromatic carbocycles. The Bertz CT molecular complexity index is 1020. The molecule has 4 rings (SSSR count). The molecule has 2 atom stereocenters. The van der Waals surface area contributed by atoms with E-state index in [1.807, 2.05) is 23.1 Å². The highest BCUT2D eigenvalue weighted by molar-refractivity contribution is 5.78. The molecule has 0 spiro atoms. The Hall–Kier alpha value is -2.92. The number of piperidine rings is 1. The summed E-state index contributed by atoms with van der Waals surface area (Å²) in [5.74, 6) is 0.209. The molecule has 1 aromatic heterocycles. The Kier molecular flexibility index (Phi) is 6.71. The molecular formula is C22H26F3N5O3.